The molecular formula is C18H16FN3O2. The Labute approximate surface area is 139 Å². The molecule has 0 N–H and O–H groups in total. The Morgan fingerprint density at radius 2 is 2.08 bits per heavy atom. The van der Waals surface area contributed by atoms with Crippen molar-refractivity contribution in [2.24, 2.45) is 0 Å². The van der Waals surface area contributed by atoms with Crippen LogP contribution in [0.5, 0.6) is 0 Å². The number of carbonyl (C=O) groups is 1. The molecule has 0 radical (unpaired) electrons. The molecule has 0 spiro atoms. The lowest BCUT2D eigenvalue weighted by atomic mass is 10.1. The van der Waals surface area contributed by atoms with Crippen LogP contribution in [0.3, 0.4) is 0 Å². The summed E-state index contributed by atoms with van der Waals surface area (Å²) in [7, 11) is 0. The minimum atomic E-state index is -0.717. The van der Waals surface area contributed by atoms with Crippen LogP contribution in [0.4, 0.5) is 4.39 Å². The molecule has 1 heterocycles. The minimum absolute atomic E-state index is 0.0324. The molecule has 0 amide bonds. The highest BCUT2D eigenvalue weighted by atomic mass is 19.1. The van der Waals surface area contributed by atoms with Gasteiger partial charge in [-0.3, -0.25) is 0 Å². The number of hydrogen-bond acceptors (Lipinski definition) is 4. The summed E-state index contributed by atoms with van der Waals surface area (Å²) < 4.78 is 19.6. The second-order valence-corrected chi connectivity index (χ2v) is 5.03. The molecule has 5 nitrogen and oxygen atoms in total. The molecule has 2 rings (SSSR count). The Hall–Kier alpha value is -3.20. The Bertz CT molecular complexity index is 842. The van der Waals surface area contributed by atoms with Gasteiger partial charge in [0.1, 0.15) is 24.1 Å². The number of ether oxygens (including phenoxy) is 1. The van der Waals surface area contributed by atoms with Gasteiger partial charge in [-0.1, -0.05) is 12.7 Å². The number of nitriles is 1. The van der Waals surface area contributed by atoms with Crippen LogP contribution in [-0.4, -0.2) is 22.4 Å². The first-order valence-electron chi connectivity index (χ1n) is 7.20. The van der Waals surface area contributed by atoms with Gasteiger partial charge in [0.05, 0.1) is 11.4 Å². The first kappa shape index (κ1) is 17.2. The maximum Gasteiger partial charge on any atom is 0.349 e. The summed E-state index contributed by atoms with van der Waals surface area (Å²) in [5, 5.41) is 13.6. The van der Waals surface area contributed by atoms with E-state index in [1.54, 1.807) is 30.7 Å². The zero-order valence-electron chi connectivity index (χ0n) is 13.4. The molecule has 0 aliphatic carbocycles. The Morgan fingerprint density at radius 1 is 1.42 bits per heavy atom. The second kappa shape index (κ2) is 7.38. The van der Waals surface area contributed by atoms with Crippen molar-refractivity contribution < 1.29 is 13.9 Å². The molecule has 0 bridgehead atoms. The highest BCUT2D eigenvalue weighted by molar-refractivity contribution is 5.98. The number of nitrogens with zero attached hydrogens (tertiary/aromatic N) is 3. The van der Waals surface area contributed by atoms with Crippen molar-refractivity contribution in [3.8, 4) is 11.8 Å². The van der Waals surface area contributed by atoms with Gasteiger partial charge in [-0.15, -0.1) is 0 Å². The summed E-state index contributed by atoms with van der Waals surface area (Å²) >= 11 is 0. The van der Waals surface area contributed by atoms with E-state index in [0.717, 1.165) is 5.69 Å². The summed E-state index contributed by atoms with van der Waals surface area (Å²) in [6, 6.07) is 7.73. The predicted molar refractivity (Wildman–Crippen MR) is 87.7 cm³/mol. The van der Waals surface area contributed by atoms with Gasteiger partial charge in [-0.05, 0) is 44.2 Å². The molecule has 0 saturated heterocycles. The SMILES string of the molecule is C=CCOC(=O)/C(C#N)=C\c1c(C)nn(-c2ccc(F)cc2)c1C. The monoisotopic (exact) mass is 325 g/mol. The van der Waals surface area contributed by atoms with E-state index in [-0.39, 0.29) is 18.0 Å². The van der Waals surface area contributed by atoms with Crippen molar-refractivity contribution in [2.75, 3.05) is 6.61 Å². The molecule has 6 heteroatoms. The smallest absolute Gasteiger partial charge is 0.349 e. The molecule has 2 aromatic rings. The van der Waals surface area contributed by atoms with Crippen molar-refractivity contribution in [1.29, 1.82) is 5.26 Å². The highest BCUT2D eigenvalue weighted by Gasteiger charge is 2.16. The van der Waals surface area contributed by atoms with Gasteiger partial charge in [0.15, 0.2) is 0 Å². The van der Waals surface area contributed by atoms with Crippen LogP contribution in [-0.2, 0) is 9.53 Å². The maximum atomic E-state index is 13.1. The quantitative estimate of drug-likeness (QED) is 0.366. The lowest BCUT2D eigenvalue weighted by Gasteiger charge is -2.04. The predicted octanol–water partition coefficient (Wildman–Crippen LogP) is 3.26. The fourth-order valence-electron chi connectivity index (χ4n) is 2.19. The van der Waals surface area contributed by atoms with Crippen molar-refractivity contribution in [3.05, 3.63) is 65.3 Å². The van der Waals surface area contributed by atoms with Crippen LogP contribution in [0, 0.1) is 31.0 Å². The molecule has 122 valence electrons. The minimum Gasteiger partial charge on any atom is -0.457 e. The van der Waals surface area contributed by atoms with Gasteiger partial charge < -0.3 is 4.74 Å². The number of benzene rings is 1. The average molecular weight is 325 g/mol. The number of aryl methyl sites for hydroxylation is 1. The van der Waals surface area contributed by atoms with Gasteiger partial charge >= 0.3 is 5.97 Å². The summed E-state index contributed by atoms with van der Waals surface area (Å²) in [5.41, 5.74) is 2.57. The largest absolute Gasteiger partial charge is 0.457 e. The van der Waals surface area contributed by atoms with Gasteiger partial charge in [0.2, 0.25) is 0 Å². The van der Waals surface area contributed by atoms with E-state index in [2.05, 4.69) is 11.7 Å². The van der Waals surface area contributed by atoms with Gasteiger partial charge in [0, 0.05) is 11.3 Å². The Balaban J connectivity index is 2.43. The van der Waals surface area contributed by atoms with Gasteiger partial charge in [-0.25, -0.2) is 13.9 Å². The Morgan fingerprint density at radius 3 is 2.67 bits per heavy atom. The highest BCUT2D eigenvalue weighted by Crippen LogP contribution is 2.21. The molecule has 0 fully saturated rings. The number of rotatable bonds is 5. The van der Waals surface area contributed by atoms with Crippen molar-refractivity contribution in [2.45, 2.75) is 13.8 Å². The number of hydrogen-bond donors (Lipinski definition) is 0. The lowest BCUT2D eigenvalue weighted by molar-refractivity contribution is -0.137. The molecular weight excluding hydrogens is 309 g/mol. The standard InChI is InChI=1S/C18H16FN3O2/c1-4-9-24-18(23)14(11-20)10-17-12(2)21-22(13(17)3)16-7-5-15(19)6-8-16/h4-8,10H,1,9H2,2-3H3/b14-10-. The molecule has 0 atom stereocenters. The number of esters is 1. The van der Waals surface area contributed by atoms with E-state index in [0.29, 0.717) is 16.9 Å². The molecule has 0 saturated carbocycles. The van der Waals surface area contributed by atoms with Crippen molar-refractivity contribution in [1.82, 2.24) is 9.78 Å². The van der Waals surface area contributed by atoms with E-state index in [1.165, 1.54) is 24.3 Å². The van der Waals surface area contributed by atoms with Crippen LogP contribution in [0.25, 0.3) is 11.8 Å². The fourth-order valence-corrected chi connectivity index (χ4v) is 2.19. The normalized spacial score (nSPS) is 11.0. The molecule has 24 heavy (non-hydrogen) atoms. The van der Waals surface area contributed by atoms with E-state index in [1.807, 2.05) is 6.07 Å². The van der Waals surface area contributed by atoms with Crippen molar-refractivity contribution >= 4 is 12.0 Å². The summed E-state index contributed by atoms with van der Waals surface area (Å²) in [4.78, 5) is 11.8. The fraction of sp³-hybridized carbons (Fsp3) is 0.167. The maximum absolute atomic E-state index is 13.1. The molecule has 1 aromatic carbocycles. The third kappa shape index (κ3) is 3.58. The van der Waals surface area contributed by atoms with E-state index in [4.69, 9.17) is 4.74 Å². The average Bonchev–Trinajstić information content (AvgIpc) is 2.85. The summed E-state index contributed by atoms with van der Waals surface area (Å²) in [6.45, 7) is 7.06. The van der Waals surface area contributed by atoms with Crippen LogP contribution >= 0.6 is 0 Å². The second-order valence-electron chi connectivity index (χ2n) is 5.03. The van der Waals surface area contributed by atoms with E-state index < -0.39 is 5.97 Å². The van der Waals surface area contributed by atoms with Crippen LogP contribution in [0.2, 0.25) is 0 Å². The van der Waals surface area contributed by atoms with Crippen LogP contribution < -0.4 is 0 Å². The topological polar surface area (TPSA) is 67.9 Å². The lowest BCUT2D eigenvalue weighted by Crippen LogP contribution is -2.06. The summed E-state index contributed by atoms with van der Waals surface area (Å²) in [6.07, 6.45) is 2.87. The molecule has 0 aliphatic rings. The number of halogens is 1. The van der Waals surface area contributed by atoms with E-state index in [9.17, 15) is 14.4 Å². The van der Waals surface area contributed by atoms with Crippen LogP contribution in [0.1, 0.15) is 17.0 Å². The zero-order valence-corrected chi connectivity index (χ0v) is 13.4. The first-order chi connectivity index (χ1) is 11.5. The number of aromatic nitrogens is 2. The molecule has 0 unspecified atom stereocenters. The molecule has 1 aromatic heterocycles. The van der Waals surface area contributed by atoms with Crippen molar-refractivity contribution in [3.63, 3.8) is 0 Å². The third-order valence-electron chi connectivity index (χ3n) is 3.38. The summed E-state index contributed by atoms with van der Waals surface area (Å²) in [5.74, 6) is -1.05. The van der Waals surface area contributed by atoms with Gasteiger partial charge in [-0.2, -0.15) is 10.4 Å². The Kier molecular flexibility index (Phi) is 5.27. The van der Waals surface area contributed by atoms with Crippen LogP contribution in [0.15, 0.2) is 42.5 Å². The molecule has 0 aliphatic heterocycles. The third-order valence-corrected chi connectivity index (χ3v) is 3.38. The zero-order chi connectivity index (χ0) is 17.7. The number of carbonyl (C=O) groups excluding carboxylic acids is 1. The van der Waals surface area contributed by atoms with Gasteiger partial charge in [0.25, 0.3) is 0 Å². The van der Waals surface area contributed by atoms with E-state index >= 15 is 0 Å². The first-order valence-corrected chi connectivity index (χ1v) is 7.20.